The van der Waals surface area contributed by atoms with Gasteiger partial charge in [-0.25, -0.2) is 0 Å². The molecule has 1 atom stereocenters. The molecule has 2 aromatic rings. The Hall–Kier alpha value is -3.00. The molecule has 0 aliphatic rings. The highest BCUT2D eigenvalue weighted by Gasteiger charge is 2.24. The molecular formula is C21H24N2O3. The Kier molecular flexibility index (Phi) is 7.50. The van der Waals surface area contributed by atoms with Crippen molar-refractivity contribution in [2.24, 2.45) is 5.92 Å². The van der Waals surface area contributed by atoms with E-state index < -0.39 is 6.10 Å². The van der Waals surface area contributed by atoms with Gasteiger partial charge in [0.05, 0.1) is 12.2 Å². The largest absolute Gasteiger partial charge is 0.494 e. The lowest BCUT2D eigenvalue weighted by Crippen LogP contribution is -2.42. The minimum atomic E-state index is -0.653. The summed E-state index contributed by atoms with van der Waals surface area (Å²) in [5.41, 5.74) is 0.419. The Morgan fingerprint density at radius 2 is 1.81 bits per heavy atom. The van der Waals surface area contributed by atoms with Crippen LogP contribution >= 0.6 is 0 Å². The van der Waals surface area contributed by atoms with Crippen LogP contribution in [0.4, 0.5) is 0 Å². The lowest BCUT2D eigenvalue weighted by molar-refractivity contribution is -0.129. The minimum Gasteiger partial charge on any atom is -0.494 e. The van der Waals surface area contributed by atoms with Crippen molar-refractivity contribution in [2.75, 3.05) is 13.2 Å². The number of hydrogen-bond donors (Lipinski definition) is 1. The van der Waals surface area contributed by atoms with E-state index in [1.165, 1.54) is 0 Å². The summed E-state index contributed by atoms with van der Waals surface area (Å²) in [6, 6.07) is 18.6. The Morgan fingerprint density at radius 1 is 1.12 bits per heavy atom. The van der Waals surface area contributed by atoms with Gasteiger partial charge < -0.3 is 14.8 Å². The Balaban J connectivity index is 1.82. The summed E-state index contributed by atoms with van der Waals surface area (Å²) in [4.78, 5) is 12.5. The summed E-state index contributed by atoms with van der Waals surface area (Å²) in [6.45, 7) is 4.85. The van der Waals surface area contributed by atoms with Crippen LogP contribution in [0.2, 0.25) is 0 Å². The predicted molar refractivity (Wildman–Crippen MR) is 100.0 cm³/mol. The second kappa shape index (κ2) is 10.1. The maximum absolute atomic E-state index is 12.5. The summed E-state index contributed by atoms with van der Waals surface area (Å²) in [5.74, 6) is 1.03. The normalized spacial score (nSPS) is 11.5. The van der Waals surface area contributed by atoms with E-state index in [0.717, 1.165) is 5.75 Å². The third-order valence-corrected chi connectivity index (χ3v) is 3.76. The van der Waals surface area contributed by atoms with E-state index in [-0.39, 0.29) is 11.8 Å². The van der Waals surface area contributed by atoms with Crippen LogP contribution in [0.3, 0.4) is 0 Å². The van der Waals surface area contributed by atoms with E-state index in [9.17, 15) is 4.79 Å². The molecule has 2 rings (SSSR count). The molecule has 0 heterocycles. The van der Waals surface area contributed by atoms with E-state index >= 15 is 0 Å². The lowest BCUT2D eigenvalue weighted by Gasteiger charge is -2.22. The molecular weight excluding hydrogens is 328 g/mol. The molecule has 0 aliphatic heterocycles. The topological polar surface area (TPSA) is 71.3 Å². The molecule has 5 nitrogen and oxygen atoms in total. The molecule has 0 aromatic heterocycles. The van der Waals surface area contributed by atoms with Gasteiger partial charge in [-0.3, -0.25) is 4.79 Å². The molecule has 0 radical (unpaired) electrons. The van der Waals surface area contributed by atoms with E-state index in [1.807, 2.05) is 44.2 Å². The number of nitrogens with zero attached hydrogens (tertiary/aromatic N) is 1. The number of rotatable bonds is 9. The highest BCUT2D eigenvalue weighted by molar-refractivity contribution is 5.81. The monoisotopic (exact) mass is 352 g/mol. The molecule has 1 N–H and O–H groups in total. The average Bonchev–Trinajstić information content (AvgIpc) is 2.66. The van der Waals surface area contributed by atoms with Crippen molar-refractivity contribution < 1.29 is 14.3 Å². The van der Waals surface area contributed by atoms with Crippen molar-refractivity contribution in [3.63, 3.8) is 0 Å². The third-order valence-electron chi connectivity index (χ3n) is 3.76. The van der Waals surface area contributed by atoms with Gasteiger partial charge in [-0.15, -0.1) is 0 Å². The predicted octanol–water partition coefficient (Wildman–Crippen LogP) is 3.55. The SMILES string of the molecule is CC(C)C(Oc1ccccc1C#N)C(=O)NCCCOc1ccccc1. The number of carbonyl (C=O) groups is 1. The second-order valence-electron chi connectivity index (χ2n) is 6.20. The number of nitrogens with one attached hydrogen (secondary N) is 1. The van der Waals surface area contributed by atoms with Crippen LogP contribution in [0, 0.1) is 17.2 Å². The molecule has 0 fully saturated rings. The molecule has 1 amide bonds. The first kappa shape index (κ1) is 19.3. The molecule has 5 heteroatoms. The van der Waals surface area contributed by atoms with Gasteiger partial charge in [0.15, 0.2) is 6.10 Å². The number of carbonyl (C=O) groups excluding carboxylic acids is 1. The van der Waals surface area contributed by atoms with Crippen LogP contribution in [0.25, 0.3) is 0 Å². The molecule has 0 saturated heterocycles. The summed E-state index contributed by atoms with van der Waals surface area (Å²) in [6.07, 6.45) is 0.0415. The molecule has 0 bridgehead atoms. The van der Waals surface area contributed by atoms with Gasteiger partial charge in [0, 0.05) is 6.54 Å². The smallest absolute Gasteiger partial charge is 0.261 e. The van der Waals surface area contributed by atoms with Crippen molar-refractivity contribution in [1.29, 1.82) is 5.26 Å². The van der Waals surface area contributed by atoms with Gasteiger partial charge in [0.1, 0.15) is 17.6 Å². The van der Waals surface area contributed by atoms with Crippen molar-refractivity contribution in [2.45, 2.75) is 26.4 Å². The minimum absolute atomic E-state index is 0.0256. The zero-order valence-electron chi connectivity index (χ0n) is 15.1. The molecule has 136 valence electrons. The van der Waals surface area contributed by atoms with E-state index in [1.54, 1.807) is 24.3 Å². The van der Waals surface area contributed by atoms with E-state index in [0.29, 0.717) is 30.9 Å². The number of hydrogen-bond acceptors (Lipinski definition) is 4. The molecule has 0 saturated carbocycles. The van der Waals surface area contributed by atoms with Gasteiger partial charge in [0.2, 0.25) is 0 Å². The quantitative estimate of drug-likeness (QED) is 0.701. The van der Waals surface area contributed by atoms with Crippen molar-refractivity contribution in [1.82, 2.24) is 5.32 Å². The van der Waals surface area contributed by atoms with Crippen molar-refractivity contribution >= 4 is 5.91 Å². The standard InChI is InChI=1S/C21H24N2O3/c1-16(2)20(26-19-12-7-6-9-17(19)15-22)21(24)23-13-8-14-25-18-10-4-3-5-11-18/h3-7,9-12,16,20H,8,13-14H2,1-2H3,(H,23,24). The van der Waals surface area contributed by atoms with Gasteiger partial charge in [-0.05, 0) is 36.6 Å². The van der Waals surface area contributed by atoms with Crippen LogP contribution in [0.1, 0.15) is 25.8 Å². The fourth-order valence-electron chi connectivity index (χ4n) is 2.38. The summed E-state index contributed by atoms with van der Waals surface area (Å²) in [5, 5.41) is 12.0. The number of nitriles is 1. The van der Waals surface area contributed by atoms with Gasteiger partial charge in [-0.2, -0.15) is 5.26 Å². The fraction of sp³-hybridized carbons (Fsp3) is 0.333. The molecule has 0 aliphatic carbocycles. The number of ether oxygens (including phenoxy) is 2. The summed E-state index contributed by atoms with van der Waals surface area (Å²) >= 11 is 0. The van der Waals surface area contributed by atoms with Gasteiger partial charge in [-0.1, -0.05) is 44.2 Å². The van der Waals surface area contributed by atoms with Crippen LogP contribution in [-0.2, 0) is 4.79 Å². The highest BCUT2D eigenvalue weighted by Crippen LogP contribution is 2.20. The fourth-order valence-corrected chi connectivity index (χ4v) is 2.38. The number of benzene rings is 2. The first-order chi connectivity index (χ1) is 12.6. The summed E-state index contributed by atoms with van der Waals surface area (Å²) < 4.78 is 11.4. The Morgan fingerprint density at radius 3 is 2.50 bits per heavy atom. The molecule has 0 spiro atoms. The zero-order valence-corrected chi connectivity index (χ0v) is 15.1. The van der Waals surface area contributed by atoms with Crippen molar-refractivity contribution in [3.8, 4) is 17.6 Å². The van der Waals surface area contributed by atoms with E-state index in [2.05, 4.69) is 11.4 Å². The highest BCUT2D eigenvalue weighted by atomic mass is 16.5. The molecule has 1 unspecified atom stereocenters. The number of para-hydroxylation sites is 2. The second-order valence-corrected chi connectivity index (χ2v) is 6.20. The first-order valence-corrected chi connectivity index (χ1v) is 8.73. The Labute approximate surface area is 154 Å². The maximum Gasteiger partial charge on any atom is 0.261 e. The number of amides is 1. The maximum atomic E-state index is 12.5. The zero-order chi connectivity index (χ0) is 18.8. The van der Waals surface area contributed by atoms with Gasteiger partial charge >= 0.3 is 0 Å². The lowest BCUT2D eigenvalue weighted by atomic mass is 10.1. The molecule has 2 aromatic carbocycles. The van der Waals surface area contributed by atoms with Crippen LogP contribution < -0.4 is 14.8 Å². The third kappa shape index (κ3) is 5.82. The Bertz CT molecular complexity index is 738. The van der Waals surface area contributed by atoms with E-state index in [4.69, 9.17) is 14.7 Å². The van der Waals surface area contributed by atoms with Crippen LogP contribution in [0.5, 0.6) is 11.5 Å². The first-order valence-electron chi connectivity index (χ1n) is 8.73. The van der Waals surface area contributed by atoms with Crippen molar-refractivity contribution in [3.05, 3.63) is 60.2 Å². The average molecular weight is 352 g/mol. The van der Waals surface area contributed by atoms with Crippen LogP contribution in [0.15, 0.2) is 54.6 Å². The van der Waals surface area contributed by atoms with Crippen LogP contribution in [-0.4, -0.2) is 25.2 Å². The van der Waals surface area contributed by atoms with Gasteiger partial charge in [0.25, 0.3) is 5.91 Å². The molecule has 26 heavy (non-hydrogen) atoms. The summed E-state index contributed by atoms with van der Waals surface area (Å²) in [7, 11) is 0.